The van der Waals surface area contributed by atoms with Crippen molar-refractivity contribution in [3.05, 3.63) is 35.6 Å². The molecular formula is C15H19FN2O3. The van der Waals surface area contributed by atoms with Crippen molar-refractivity contribution >= 4 is 12.0 Å². The Morgan fingerprint density at radius 3 is 2.48 bits per heavy atom. The van der Waals surface area contributed by atoms with Gasteiger partial charge in [0.15, 0.2) is 0 Å². The Balaban J connectivity index is 1.82. The van der Waals surface area contributed by atoms with E-state index in [-0.39, 0.29) is 11.6 Å². The first-order chi connectivity index (χ1) is 9.76. The largest absolute Gasteiger partial charge is 0.444 e. The molecule has 1 fully saturated rings. The molecule has 114 valence electrons. The number of carbonyl (C=O) groups is 2. The molecule has 1 aliphatic rings. The van der Waals surface area contributed by atoms with Gasteiger partial charge in [0, 0.05) is 13.1 Å². The first-order valence-electron chi connectivity index (χ1n) is 6.79. The van der Waals surface area contributed by atoms with Gasteiger partial charge >= 0.3 is 6.09 Å². The van der Waals surface area contributed by atoms with E-state index in [4.69, 9.17) is 4.74 Å². The monoisotopic (exact) mass is 294 g/mol. The van der Waals surface area contributed by atoms with Crippen LogP contribution in [0.4, 0.5) is 9.18 Å². The first kappa shape index (κ1) is 15.3. The molecule has 1 saturated heterocycles. The number of nitrogens with zero attached hydrogens (tertiary/aromatic N) is 1. The number of nitrogens with one attached hydrogen (secondary N) is 1. The standard InChI is InChI=1S/C15H19FN2O3/c1-15(2,3)21-14(20)18-8-10(9-18)17-13(19)11-6-4-5-7-12(11)16/h4-7,10H,8-9H2,1-3H3,(H,17,19). The van der Waals surface area contributed by atoms with E-state index in [1.807, 2.05) is 0 Å². The van der Waals surface area contributed by atoms with Crippen LogP contribution in [0.15, 0.2) is 24.3 Å². The highest BCUT2D eigenvalue weighted by atomic mass is 19.1. The molecule has 5 nitrogen and oxygen atoms in total. The molecule has 0 spiro atoms. The predicted octanol–water partition coefficient (Wildman–Crippen LogP) is 2.17. The summed E-state index contributed by atoms with van der Waals surface area (Å²) in [4.78, 5) is 25.1. The van der Waals surface area contributed by atoms with Crippen molar-refractivity contribution in [2.75, 3.05) is 13.1 Å². The highest BCUT2D eigenvalue weighted by Crippen LogP contribution is 2.16. The quantitative estimate of drug-likeness (QED) is 0.909. The second kappa shape index (κ2) is 5.71. The van der Waals surface area contributed by atoms with E-state index >= 15 is 0 Å². The molecule has 6 heteroatoms. The molecular weight excluding hydrogens is 275 g/mol. The maximum Gasteiger partial charge on any atom is 0.410 e. The van der Waals surface area contributed by atoms with Crippen molar-refractivity contribution in [1.82, 2.24) is 10.2 Å². The average molecular weight is 294 g/mol. The topological polar surface area (TPSA) is 58.6 Å². The zero-order chi connectivity index (χ0) is 15.6. The molecule has 1 aromatic carbocycles. The van der Waals surface area contributed by atoms with Crippen LogP contribution in [0.2, 0.25) is 0 Å². The van der Waals surface area contributed by atoms with Crippen molar-refractivity contribution in [3.8, 4) is 0 Å². The molecule has 21 heavy (non-hydrogen) atoms. The zero-order valence-corrected chi connectivity index (χ0v) is 12.4. The SMILES string of the molecule is CC(C)(C)OC(=O)N1CC(NC(=O)c2ccccc2F)C1. The van der Waals surface area contributed by atoms with Crippen LogP contribution in [0.1, 0.15) is 31.1 Å². The molecule has 0 aliphatic carbocycles. The van der Waals surface area contributed by atoms with Gasteiger partial charge in [0.2, 0.25) is 0 Å². The lowest BCUT2D eigenvalue weighted by molar-refractivity contribution is 0.00531. The van der Waals surface area contributed by atoms with Crippen molar-refractivity contribution in [3.63, 3.8) is 0 Å². The van der Waals surface area contributed by atoms with Gasteiger partial charge in [-0.25, -0.2) is 9.18 Å². The summed E-state index contributed by atoms with van der Waals surface area (Å²) in [5.41, 5.74) is -0.535. The van der Waals surface area contributed by atoms with Gasteiger partial charge in [-0.1, -0.05) is 12.1 Å². The van der Waals surface area contributed by atoms with Crippen molar-refractivity contribution in [2.24, 2.45) is 0 Å². The fourth-order valence-corrected chi connectivity index (χ4v) is 1.95. The predicted molar refractivity (Wildman–Crippen MR) is 75.5 cm³/mol. The molecule has 0 bridgehead atoms. The van der Waals surface area contributed by atoms with Crippen LogP contribution < -0.4 is 5.32 Å². The van der Waals surface area contributed by atoms with Gasteiger partial charge in [0.1, 0.15) is 11.4 Å². The molecule has 0 saturated carbocycles. The summed E-state index contributed by atoms with van der Waals surface area (Å²) in [5.74, 6) is -1.03. The number of benzene rings is 1. The number of amides is 2. The summed E-state index contributed by atoms with van der Waals surface area (Å²) in [5, 5.41) is 2.69. The normalized spacial score (nSPS) is 15.3. The van der Waals surface area contributed by atoms with Gasteiger partial charge in [0.05, 0.1) is 11.6 Å². The summed E-state index contributed by atoms with van der Waals surface area (Å²) in [7, 11) is 0. The number of rotatable bonds is 2. The zero-order valence-electron chi connectivity index (χ0n) is 12.4. The van der Waals surface area contributed by atoms with E-state index in [2.05, 4.69) is 5.32 Å². The lowest BCUT2D eigenvalue weighted by Gasteiger charge is -2.39. The molecule has 0 unspecified atom stereocenters. The minimum Gasteiger partial charge on any atom is -0.444 e. The van der Waals surface area contributed by atoms with Gasteiger partial charge < -0.3 is 15.0 Å². The molecule has 1 N–H and O–H groups in total. The summed E-state index contributed by atoms with van der Waals surface area (Å²) in [6.07, 6.45) is -0.404. The smallest absolute Gasteiger partial charge is 0.410 e. The number of hydrogen-bond donors (Lipinski definition) is 1. The fourth-order valence-electron chi connectivity index (χ4n) is 1.95. The third-order valence-electron chi connectivity index (χ3n) is 2.99. The first-order valence-corrected chi connectivity index (χ1v) is 6.79. The maximum atomic E-state index is 13.5. The van der Waals surface area contributed by atoms with Gasteiger partial charge in [-0.05, 0) is 32.9 Å². The number of ether oxygens (including phenoxy) is 1. The number of carbonyl (C=O) groups excluding carboxylic acids is 2. The lowest BCUT2D eigenvalue weighted by atomic mass is 10.1. The summed E-state index contributed by atoms with van der Waals surface area (Å²) in [6, 6.07) is 5.62. The summed E-state index contributed by atoms with van der Waals surface area (Å²) in [6.45, 7) is 6.12. The minimum atomic E-state index is -0.557. The Morgan fingerprint density at radius 1 is 1.29 bits per heavy atom. The van der Waals surface area contributed by atoms with E-state index in [0.717, 1.165) is 0 Å². The van der Waals surface area contributed by atoms with Crippen LogP contribution >= 0.6 is 0 Å². The molecule has 0 atom stereocenters. The third kappa shape index (κ3) is 3.93. The number of halogens is 1. The second-order valence-electron chi connectivity index (χ2n) is 6.04. The lowest BCUT2D eigenvalue weighted by Crippen LogP contribution is -2.61. The molecule has 1 aliphatic heterocycles. The second-order valence-corrected chi connectivity index (χ2v) is 6.04. The maximum absolute atomic E-state index is 13.5. The van der Waals surface area contributed by atoms with Crippen molar-refractivity contribution in [1.29, 1.82) is 0 Å². The number of likely N-dealkylation sites (tertiary alicyclic amines) is 1. The van der Waals surface area contributed by atoms with Crippen LogP contribution in [0.3, 0.4) is 0 Å². The molecule has 0 radical (unpaired) electrons. The van der Waals surface area contributed by atoms with E-state index in [1.54, 1.807) is 26.8 Å². The third-order valence-corrected chi connectivity index (χ3v) is 2.99. The highest BCUT2D eigenvalue weighted by Gasteiger charge is 2.34. The minimum absolute atomic E-state index is 0.00761. The van der Waals surface area contributed by atoms with Crippen LogP contribution in [-0.4, -0.2) is 41.6 Å². The Labute approximate surface area is 123 Å². The molecule has 2 rings (SSSR count). The Hall–Kier alpha value is -2.11. The van der Waals surface area contributed by atoms with Crippen molar-refractivity contribution in [2.45, 2.75) is 32.4 Å². The molecule has 2 amide bonds. The van der Waals surface area contributed by atoms with E-state index in [1.165, 1.54) is 23.1 Å². The van der Waals surface area contributed by atoms with E-state index in [0.29, 0.717) is 13.1 Å². The van der Waals surface area contributed by atoms with E-state index in [9.17, 15) is 14.0 Å². The molecule has 1 heterocycles. The van der Waals surface area contributed by atoms with Gasteiger partial charge in [-0.15, -0.1) is 0 Å². The molecule has 1 aromatic rings. The van der Waals surface area contributed by atoms with Gasteiger partial charge in [-0.2, -0.15) is 0 Å². The van der Waals surface area contributed by atoms with Crippen LogP contribution in [0.5, 0.6) is 0 Å². The van der Waals surface area contributed by atoms with Crippen LogP contribution in [-0.2, 0) is 4.74 Å². The van der Waals surface area contributed by atoms with Gasteiger partial charge in [0.25, 0.3) is 5.91 Å². The Kier molecular flexibility index (Phi) is 4.16. The average Bonchev–Trinajstić information content (AvgIpc) is 2.31. The van der Waals surface area contributed by atoms with Gasteiger partial charge in [-0.3, -0.25) is 4.79 Å². The van der Waals surface area contributed by atoms with Crippen LogP contribution in [0.25, 0.3) is 0 Å². The molecule has 0 aromatic heterocycles. The Bertz CT molecular complexity index is 548. The Morgan fingerprint density at radius 2 is 1.90 bits per heavy atom. The van der Waals surface area contributed by atoms with Crippen molar-refractivity contribution < 1.29 is 18.7 Å². The fraction of sp³-hybridized carbons (Fsp3) is 0.467. The summed E-state index contributed by atoms with van der Waals surface area (Å²) >= 11 is 0. The summed E-state index contributed by atoms with van der Waals surface area (Å²) < 4.78 is 18.7. The van der Waals surface area contributed by atoms with E-state index < -0.39 is 23.4 Å². The number of hydrogen-bond acceptors (Lipinski definition) is 3. The highest BCUT2D eigenvalue weighted by molar-refractivity contribution is 5.94. The van der Waals surface area contributed by atoms with Crippen LogP contribution in [0, 0.1) is 5.82 Å².